The fraction of sp³-hybridized carbons (Fsp3) is 0.412. The van der Waals surface area contributed by atoms with Gasteiger partial charge in [-0.3, -0.25) is 4.79 Å². The molecule has 3 rings (SSSR count). The van der Waals surface area contributed by atoms with Gasteiger partial charge in [0.1, 0.15) is 5.76 Å². The summed E-state index contributed by atoms with van der Waals surface area (Å²) in [6.45, 7) is 2.37. The van der Waals surface area contributed by atoms with Crippen molar-refractivity contribution in [3.05, 3.63) is 41.8 Å². The first-order valence-electron chi connectivity index (χ1n) is 7.67. The molecule has 0 radical (unpaired) electrons. The molecule has 1 aromatic heterocycles. The van der Waals surface area contributed by atoms with Crippen LogP contribution in [0, 0.1) is 12.8 Å². The van der Waals surface area contributed by atoms with Crippen LogP contribution in [0.3, 0.4) is 0 Å². The van der Waals surface area contributed by atoms with Crippen molar-refractivity contribution >= 4 is 5.91 Å². The minimum atomic E-state index is -0.0629. The van der Waals surface area contributed by atoms with Gasteiger partial charge < -0.3 is 15.5 Å². The third-order valence-electron chi connectivity index (χ3n) is 4.00. The van der Waals surface area contributed by atoms with Crippen molar-refractivity contribution in [2.45, 2.75) is 32.2 Å². The molecule has 22 heavy (non-hydrogen) atoms. The van der Waals surface area contributed by atoms with Gasteiger partial charge in [-0.05, 0) is 37.8 Å². The van der Waals surface area contributed by atoms with Crippen LogP contribution in [0.1, 0.15) is 24.3 Å². The smallest absolute Gasteiger partial charge is 0.226 e. The lowest BCUT2D eigenvalue weighted by Gasteiger charge is -2.10. The van der Waals surface area contributed by atoms with Gasteiger partial charge in [0.05, 0.1) is 12.1 Å². The maximum atomic E-state index is 12.0. The van der Waals surface area contributed by atoms with Gasteiger partial charge in [-0.1, -0.05) is 18.2 Å². The summed E-state index contributed by atoms with van der Waals surface area (Å²) < 4.78 is 5.66. The summed E-state index contributed by atoms with van der Waals surface area (Å²) in [5.74, 6) is 1.75. The Morgan fingerprint density at radius 1 is 1.41 bits per heavy atom. The molecule has 1 atom stereocenters. The number of benzene rings is 1. The minimum Gasteiger partial charge on any atom is -0.441 e. The number of amides is 1. The Morgan fingerprint density at radius 3 is 2.82 bits per heavy atom. The molecule has 5 heteroatoms. The number of nitrogens with two attached hydrogens (primary N) is 1. The van der Waals surface area contributed by atoms with E-state index in [9.17, 15) is 4.79 Å². The quantitative estimate of drug-likeness (QED) is 0.855. The van der Waals surface area contributed by atoms with Gasteiger partial charge in [0.2, 0.25) is 11.8 Å². The summed E-state index contributed by atoms with van der Waals surface area (Å²) >= 11 is 0. The molecule has 1 unspecified atom stereocenters. The minimum absolute atomic E-state index is 0.0629. The van der Waals surface area contributed by atoms with Crippen LogP contribution in [0.15, 0.2) is 34.7 Å². The number of hydrogen-bond acceptors (Lipinski definition) is 4. The van der Waals surface area contributed by atoms with Crippen molar-refractivity contribution in [3.63, 3.8) is 0 Å². The molecule has 1 fully saturated rings. The van der Waals surface area contributed by atoms with E-state index in [4.69, 9.17) is 10.2 Å². The van der Waals surface area contributed by atoms with Crippen molar-refractivity contribution in [1.29, 1.82) is 0 Å². The summed E-state index contributed by atoms with van der Waals surface area (Å²) in [7, 11) is 0. The Hall–Kier alpha value is -2.14. The van der Waals surface area contributed by atoms with E-state index in [1.807, 2.05) is 37.3 Å². The number of aromatic nitrogens is 1. The third kappa shape index (κ3) is 3.54. The Labute approximate surface area is 129 Å². The second kappa shape index (κ2) is 6.32. The number of rotatable bonds is 6. The number of carbonyl (C=O) groups is 1. The first-order chi connectivity index (χ1) is 10.6. The molecule has 116 valence electrons. The third-order valence-corrected chi connectivity index (χ3v) is 4.00. The van der Waals surface area contributed by atoms with Gasteiger partial charge in [0.15, 0.2) is 0 Å². The lowest BCUT2D eigenvalue weighted by atomic mass is 10.2. The Bertz CT molecular complexity index is 647. The van der Waals surface area contributed by atoms with E-state index >= 15 is 0 Å². The predicted octanol–water partition coefficient (Wildman–Crippen LogP) is 2.05. The Kier molecular flexibility index (Phi) is 4.24. The summed E-state index contributed by atoms with van der Waals surface area (Å²) in [5, 5.41) is 2.88. The number of aryl methyl sites for hydroxylation is 1. The van der Waals surface area contributed by atoms with Gasteiger partial charge in [-0.2, -0.15) is 0 Å². The fourth-order valence-corrected chi connectivity index (χ4v) is 2.43. The number of hydrogen-bond donors (Lipinski definition) is 2. The second-order valence-corrected chi connectivity index (χ2v) is 5.87. The average Bonchev–Trinajstić information content (AvgIpc) is 3.31. The lowest BCUT2D eigenvalue weighted by molar-refractivity contribution is -0.120. The van der Waals surface area contributed by atoms with Crippen molar-refractivity contribution in [2.75, 3.05) is 6.54 Å². The normalized spacial score (nSPS) is 15.5. The van der Waals surface area contributed by atoms with E-state index < -0.39 is 0 Å². The molecule has 0 spiro atoms. The first-order valence-corrected chi connectivity index (χ1v) is 7.67. The van der Waals surface area contributed by atoms with Crippen molar-refractivity contribution in [3.8, 4) is 11.5 Å². The topological polar surface area (TPSA) is 81.2 Å². The van der Waals surface area contributed by atoms with E-state index in [1.165, 1.54) is 12.8 Å². The molecule has 1 amide bonds. The van der Waals surface area contributed by atoms with Gasteiger partial charge in [-0.15, -0.1) is 0 Å². The summed E-state index contributed by atoms with van der Waals surface area (Å²) in [5.41, 5.74) is 7.57. The SMILES string of the molecule is Cc1oc(-c2ccccc2)nc1CC(=O)NCC(N)C1CC1. The zero-order valence-electron chi connectivity index (χ0n) is 12.7. The maximum absolute atomic E-state index is 12.0. The summed E-state index contributed by atoms with van der Waals surface area (Å²) in [4.78, 5) is 16.4. The monoisotopic (exact) mass is 299 g/mol. The highest BCUT2D eigenvalue weighted by Gasteiger charge is 2.28. The molecule has 1 aromatic carbocycles. The van der Waals surface area contributed by atoms with Gasteiger partial charge in [-0.25, -0.2) is 4.98 Å². The molecule has 3 N–H and O–H groups in total. The average molecular weight is 299 g/mol. The zero-order chi connectivity index (χ0) is 15.5. The second-order valence-electron chi connectivity index (χ2n) is 5.87. The highest BCUT2D eigenvalue weighted by molar-refractivity contribution is 5.78. The van der Waals surface area contributed by atoms with Crippen LogP contribution in [-0.4, -0.2) is 23.5 Å². The van der Waals surface area contributed by atoms with E-state index in [0.717, 1.165) is 5.56 Å². The van der Waals surface area contributed by atoms with Gasteiger partial charge in [0.25, 0.3) is 0 Å². The van der Waals surface area contributed by atoms with Crippen LogP contribution in [0.4, 0.5) is 0 Å². The molecular weight excluding hydrogens is 278 g/mol. The maximum Gasteiger partial charge on any atom is 0.226 e. The molecule has 0 saturated heterocycles. The number of carbonyl (C=O) groups excluding carboxylic acids is 1. The van der Waals surface area contributed by atoms with E-state index in [-0.39, 0.29) is 18.4 Å². The van der Waals surface area contributed by atoms with Crippen LogP contribution in [0.25, 0.3) is 11.5 Å². The molecule has 1 saturated carbocycles. The summed E-state index contributed by atoms with van der Waals surface area (Å²) in [6, 6.07) is 9.74. The van der Waals surface area contributed by atoms with Crippen molar-refractivity contribution < 1.29 is 9.21 Å². The first kappa shape index (κ1) is 14.8. The molecule has 0 aliphatic heterocycles. The van der Waals surface area contributed by atoms with Crippen LogP contribution in [-0.2, 0) is 11.2 Å². The van der Waals surface area contributed by atoms with Crippen LogP contribution < -0.4 is 11.1 Å². The van der Waals surface area contributed by atoms with Crippen LogP contribution in [0.2, 0.25) is 0 Å². The van der Waals surface area contributed by atoms with Crippen molar-refractivity contribution in [1.82, 2.24) is 10.3 Å². The van der Waals surface area contributed by atoms with Gasteiger partial charge >= 0.3 is 0 Å². The van der Waals surface area contributed by atoms with Crippen LogP contribution >= 0.6 is 0 Å². The largest absolute Gasteiger partial charge is 0.441 e. The molecule has 1 aliphatic carbocycles. The Morgan fingerprint density at radius 2 is 2.14 bits per heavy atom. The van der Waals surface area contributed by atoms with Gasteiger partial charge in [0, 0.05) is 18.2 Å². The molecule has 0 bridgehead atoms. The highest BCUT2D eigenvalue weighted by Crippen LogP contribution is 2.31. The lowest BCUT2D eigenvalue weighted by Crippen LogP contribution is -2.39. The molecule has 1 heterocycles. The standard InChI is InChI=1S/C17H21N3O2/c1-11-15(9-16(21)19-10-14(18)12-7-8-12)20-17(22-11)13-5-3-2-4-6-13/h2-6,12,14H,7-10,18H2,1H3,(H,19,21). The van der Waals surface area contributed by atoms with E-state index in [1.54, 1.807) is 0 Å². The number of nitrogens with one attached hydrogen (secondary N) is 1. The zero-order valence-corrected chi connectivity index (χ0v) is 12.7. The molecule has 2 aromatic rings. The van der Waals surface area contributed by atoms with Crippen LogP contribution in [0.5, 0.6) is 0 Å². The highest BCUT2D eigenvalue weighted by atomic mass is 16.4. The molecule has 5 nitrogen and oxygen atoms in total. The summed E-state index contributed by atoms with van der Waals surface area (Å²) in [6.07, 6.45) is 2.58. The van der Waals surface area contributed by atoms with E-state index in [2.05, 4.69) is 10.3 Å². The fourth-order valence-electron chi connectivity index (χ4n) is 2.43. The predicted molar refractivity (Wildman–Crippen MR) is 84.1 cm³/mol. The Balaban J connectivity index is 1.60. The number of oxazole rings is 1. The molecular formula is C17H21N3O2. The molecule has 1 aliphatic rings. The number of nitrogens with zero attached hydrogens (tertiary/aromatic N) is 1. The van der Waals surface area contributed by atoms with E-state index in [0.29, 0.717) is 29.8 Å². The van der Waals surface area contributed by atoms with Crippen molar-refractivity contribution in [2.24, 2.45) is 11.7 Å².